The number of aromatic nitrogens is 2. The highest BCUT2D eigenvalue weighted by Crippen LogP contribution is 2.38. The Kier molecular flexibility index (Phi) is 13.0. The molecule has 328 valence electrons. The van der Waals surface area contributed by atoms with Crippen molar-refractivity contribution in [2.24, 2.45) is 5.92 Å². The number of carbonyl (C=O) groups excluding carboxylic acids is 5. The van der Waals surface area contributed by atoms with E-state index in [9.17, 15) is 37.1 Å². The van der Waals surface area contributed by atoms with Crippen LogP contribution in [0.1, 0.15) is 106 Å². The zero-order valence-corrected chi connectivity index (χ0v) is 34.2. The Bertz CT molecular complexity index is 2340. The number of imide groups is 2. The summed E-state index contributed by atoms with van der Waals surface area (Å²) >= 11 is 0. The Morgan fingerprint density at radius 3 is 2.35 bits per heavy atom. The zero-order chi connectivity index (χ0) is 43.4. The molecule has 8 rings (SSSR count). The van der Waals surface area contributed by atoms with Crippen LogP contribution in [0.25, 0.3) is 11.0 Å². The first-order chi connectivity index (χ1) is 29.9. The van der Waals surface area contributed by atoms with E-state index in [4.69, 9.17) is 19.2 Å². The first kappa shape index (κ1) is 43.0. The molecule has 17 heteroatoms. The highest BCUT2D eigenvalue weighted by atomic mass is 19.4. The number of hydrogen-bond donors (Lipinski definition) is 2. The number of piperidine rings is 2. The molecule has 3 aromatic carbocycles. The highest BCUT2D eigenvalue weighted by molar-refractivity contribution is 6.23. The van der Waals surface area contributed by atoms with E-state index >= 15 is 0 Å². The van der Waals surface area contributed by atoms with Crippen LogP contribution in [0.15, 0.2) is 60.7 Å². The van der Waals surface area contributed by atoms with Crippen LogP contribution in [0, 0.1) is 5.92 Å². The van der Waals surface area contributed by atoms with Crippen molar-refractivity contribution >= 4 is 46.5 Å². The SMILES string of the molecule is O=C1CCC(N2C(=O)c3ccc(OCCOCCOCC4CCC(n5c(NC(=O)c6cccc(C(F)(F)F)c6)nc6cc(CN7CCCCC7)ccc65)CC4)cc3C2=O)C(=O)N1. The summed E-state index contributed by atoms with van der Waals surface area (Å²) < 4.78 is 59.9. The molecule has 1 aliphatic carbocycles. The van der Waals surface area contributed by atoms with Gasteiger partial charge in [-0.3, -0.25) is 44.4 Å². The molecule has 5 amide bonds. The number of ether oxygens (including phenoxy) is 3. The Labute approximate surface area is 356 Å². The van der Waals surface area contributed by atoms with Gasteiger partial charge in [0.05, 0.1) is 47.5 Å². The van der Waals surface area contributed by atoms with Crippen molar-refractivity contribution in [3.63, 3.8) is 0 Å². The number of imidazole rings is 1. The minimum absolute atomic E-state index is 0.0119. The van der Waals surface area contributed by atoms with Gasteiger partial charge in [0.15, 0.2) is 0 Å². The number of nitrogens with one attached hydrogen (secondary N) is 2. The van der Waals surface area contributed by atoms with Gasteiger partial charge >= 0.3 is 6.18 Å². The molecule has 4 aromatic rings. The summed E-state index contributed by atoms with van der Waals surface area (Å²) in [6, 6.07) is 14.1. The molecule has 4 aliphatic rings. The Morgan fingerprint density at radius 1 is 0.823 bits per heavy atom. The van der Waals surface area contributed by atoms with Gasteiger partial charge in [-0.25, -0.2) is 4.98 Å². The molecule has 0 radical (unpaired) electrons. The molecule has 62 heavy (non-hydrogen) atoms. The standard InChI is InChI=1S/C45H49F3N6O8/c46-45(47,48)31-6-4-5-30(24-31)40(56)51-44-49-36-23-29(26-52-17-2-1-3-18-52)9-14-37(36)53(44)32-10-7-28(8-11-32)27-61-20-19-60-21-22-62-33-12-13-34-35(25-33)43(59)54(42(34)58)38-15-16-39(55)50-41(38)57/h4-6,9,12-14,23-25,28,32,38H,1-3,7-8,10-11,15-22,26-27H2,(H,49,51,56)(H,50,55,57). The lowest BCUT2D eigenvalue weighted by atomic mass is 9.86. The highest BCUT2D eigenvalue weighted by Gasteiger charge is 2.44. The number of hydrogen-bond acceptors (Lipinski definition) is 10. The number of alkyl halides is 3. The molecule has 1 saturated carbocycles. The third kappa shape index (κ3) is 9.69. The number of halogens is 3. The van der Waals surface area contributed by atoms with Crippen LogP contribution in [0.4, 0.5) is 19.1 Å². The number of anilines is 1. The molecule has 2 N–H and O–H groups in total. The molecule has 2 saturated heterocycles. The lowest BCUT2D eigenvalue weighted by molar-refractivity contribution is -0.138. The van der Waals surface area contributed by atoms with E-state index in [1.807, 2.05) is 16.7 Å². The largest absolute Gasteiger partial charge is 0.491 e. The van der Waals surface area contributed by atoms with Crippen LogP contribution in [0.2, 0.25) is 0 Å². The third-order valence-corrected chi connectivity index (χ3v) is 12.1. The first-order valence-electron chi connectivity index (χ1n) is 21.3. The number of likely N-dealkylation sites (tertiary alicyclic amines) is 1. The summed E-state index contributed by atoms with van der Waals surface area (Å²) in [4.78, 5) is 71.5. The quantitative estimate of drug-likeness (QED) is 0.0993. The summed E-state index contributed by atoms with van der Waals surface area (Å²) in [5.41, 5.74) is 2.03. The Morgan fingerprint density at radius 2 is 1.58 bits per heavy atom. The van der Waals surface area contributed by atoms with Gasteiger partial charge in [0, 0.05) is 31.2 Å². The number of fused-ring (bicyclic) bond motifs is 2. The fraction of sp³-hybridized carbons (Fsp3) is 0.467. The van der Waals surface area contributed by atoms with E-state index in [2.05, 4.69) is 21.6 Å². The summed E-state index contributed by atoms with van der Waals surface area (Å²) in [5.74, 6) is -1.96. The lowest BCUT2D eigenvalue weighted by Gasteiger charge is -2.30. The first-order valence-corrected chi connectivity index (χ1v) is 21.3. The molecule has 1 unspecified atom stereocenters. The van der Waals surface area contributed by atoms with Crippen molar-refractivity contribution in [3.05, 3.63) is 88.5 Å². The molecular formula is C45H49F3N6O8. The van der Waals surface area contributed by atoms with E-state index in [1.165, 1.54) is 43.5 Å². The van der Waals surface area contributed by atoms with Gasteiger partial charge in [0.2, 0.25) is 17.8 Å². The summed E-state index contributed by atoms with van der Waals surface area (Å²) in [6.45, 7) is 4.61. The van der Waals surface area contributed by atoms with Gasteiger partial charge < -0.3 is 18.8 Å². The van der Waals surface area contributed by atoms with E-state index in [1.54, 1.807) is 6.07 Å². The average Bonchev–Trinajstić information content (AvgIpc) is 3.74. The number of carbonyl (C=O) groups is 5. The van der Waals surface area contributed by atoms with Gasteiger partial charge in [-0.05, 0) is 118 Å². The fourth-order valence-electron chi connectivity index (χ4n) is 8.88. The van der Waals surface area contributed by atoms with E-state index in [0.717, 1.165) is 78.9 Å². The molecule has 1 atom stereocenters. The van der Waals surface area contributed by atoms with Crippen molar-refractivity contribution < 1.29 is 51.4 Å². The van der Waals surface area contributed by atoms with Crippen LogP contribution in [-0.4, -0.2) is 101 Å². The van der Waals surface area contributed by atoms with Gasteiger partial charge in [0.25, 0.3) is 17.7 Å². The predicted molar refractivity (Wildman–Crippen MR) is 219 cm³/mol. The molecule has 3 aliphatic heterocycles. The maximum atomic E-state index is 13.5. The van der Waals surface area contributed by atoms with Crippen molar-refractivity contribution in [1.29, 1.82) is 0 Å². The van der Waals surface area contributed by atoms with Crippen molar-refractivity contribution in [2.75, 3.05) is 51.4 Å². The van der Waals surface area contributed by atoms with Gasteiger partial charge in [-0.15, -0.1) is 0 Å². The molecule has 3 fully saturated rings. The molecule has 14 nitrogen and oxygen atoms in total. The van der Waals surface area contributed by atoms with Crippen LogP contribution in [0.5, 0.6) is 5.75 Å². The topological polar surface area (TPSA) is 161 Å². The maximum absolute atomic E-state index is 13.5. The average molecular weight is 859 g/mol. The maximum Gasteiger partial charge on any atom is 0.416 e. The Balaban J connectivity index is 0.805. The lowest BCUT2D eigenvalue weighted by Crippen LogP contribution is -2.54. The van der Waals surface area contributed by atoms with Gasteiger partial charge in [0.1, 0.15) is 18.4 Å². The van der Waals surface area contributed by atoms with E-state index in [0.29, 0.717) is 37.4 Å². The second-order valence-corrected chi connectivity index (χ2v) is 16.4. The number of amides is 5. The second-order valence-electron chi connectivity index (χ2n) is 16.4. The molecule has 4 heterocycles. The number of rotatable bonds is 15. The fourth-order valence-corrected chi connectivity index (χ4v) is 8.88. The smallest absolute Gasteiger partial charge is 0.416 e. The molecule has 1 aromatic heterocycles. The minimum Gasteiger partial charge on any atom is -0.491 e. The number of nitrogens with zero attached hydrogens (tertiary/aromatic N) is 4. The minimum atomic E-state index is -4.58. The molecule has 0 spiro atoms. The monoisotopic (exact) mass is 858 g/mol. The van der Waals surface area contributed by atoms with Gasteiger partial charge in [-0.1, -0.05) is 18.6 Å². The summed E-state index contributed by atoms with van der Waals surface area (Å²) in [7, 11) is 0. The van der Waals surface area contributed by atoms with Crippen molar-refractivity contribution in [3.8, 4) is 5.75 Å². The van der Waals surface area contributed by atoms with Crippen LogP contribution in [0.3, 0.4) is 0 Å². The predicted octanol–water partition coefficient (Wildman–Crippen LogP) is 6.54. The second kappa shape index (κ2) is 18.8. The van der Waals surface area contributed by atoms with Crippen LogP contribution >= 0.6 is 0 Å². The van der Waals surface area contributed by atoms with Crippen molar-refractivity contribution in [2.45, 2.75) is 82.6 Å². The third-order valence-electron chi connectivity index (χ3n) is 12.1. The van der Waals surface area contributed by atoms with Crippen LogP contribution in [-0.2, 0) is 31.8 Å². The van der Waals surface area contributed by atoms with E-state index in [-0.39, 0.29) is 48.8 Å². The number of benzene rings is 3. The normalized spacial score (nSPS) is 21.0. The van der Waals surface area contributed by atoms with Gasteiger partial charge in [-0.2, -0.15) is 13.2 Å². The molecular weight excluding hydrogens is 810 g/mol. The van der Waals surface area contributed by atoms with Crippen molar-refractivity contribution in [1.82, 2.24) is 24.7 Å². The Hall–Kier alpha value is -5.65. The van der Waals surface area contributed by atoms with E-state index < -0.39 is 47.3 Å². The summed E-state index contributed by atoms with van der Waals surface area (Å²) in [6.07, 6.45) is 2.46. The van der Waals surface area contributed by atoms with Crippen LogP contribution < -0.4 is 15.4 Å². The summed E-state index contributed by atoms with van der Waals surface area (Å²) in [5, 5.41) is 5.03. The molecule has 0 bridgehead atoms. The zero-order valence-electron chi connectivity index (χ0n) is 34.2.